The molecular weight excluding hydrogens is 381 g/mol. The number of primary amides is 1. The standard InChI is InChI=1S/C21H25ClFN3O2/c22-17-4-3-5-18(23)21(17)19(26-10-1-2-11-26)13-25-12-15-6-8-16(9-7-15)28-14-20(24)27/h3-9,19,25H,1-2,10-14H2,(H2,24,27)/t19-/m1/s1. The van der Waals surface area contributed by atoms with Gasteiger partial charge < -0.3 is 15.8 Å². The van der Waals surface area contributed by atoms with Crippen LogP contribution >= 0.6 is 11.6 Å². The summed E-state index contributed by atoms with van der Waals surface area (Å²) in [5.74, 6) is -0.178. The van der Waals surface area contributed by atoms with E-state index in [0.29, 0.717) is 29.4 Å². The Labute approximate surface area is 169 Å². The van der Waals surface area contributed by atoms with Crippen molar-refractivity contribution in [3.05, 3.63) is 64.4 Å². The number of ether oxygens (including phenoxy) is 1. The minimum Gasteiger partial charge on any atom is -0.484 e. The predicted octanol–water partition coefficient (Wildman–Crippen LogP) is 3.27. The summed E-state index contributed by atoms with van der Waals surface area (Å²) in [7, 11) is 0. The van der Waals surface area contributed by atoms with Crippen LogP contribution in [0.15, 0.2) is 42.5 Å². The van der Waals surface area contributed by atoms with Crippen molar-refractivity contribution in [2.75, 3.05) is 26.2 Å². The number of hydrogen-bond acceptors (Lipinski definition) is 4. The lowest BCUT2D eigenvalue weighted by atomic mass is 10.0. The third-order valence-electron chi connectivity index (χ3n) is 4.89. The monoisotopic (exact) mass is 405 g/mol. The Balaban J connectivity index is 1.62. The van der Waals surface area contributed by atoms with E-state index in [2.05, 4.69) is 10.2 Å². The van der Waals surface area contributed by atoms with Crippen LogP contribution in [0.4, 0.5) is 4.39 Å². The topological polar surface area (TPSA) is 67.6 Å². The van der Waals surface area contributed by atoms with Crippen molar-refractivity contribution in [3.8, 4) is 5.75 Å². The van der Waals surface area contributed by atoms with E-state index < -0.39 is 5.91 Å². The molecule has 0 bridgehead atoms. The van der Waals surface area contributed by atoms with Crippen LogP contribution in [0.5, 0.6) is 5.75 Å². The molecule has 0 aromatic heterocycles. The molecule has 1 fully saturated rings. The van der Waals surface area contributed by atoms with E-state index in [1.54, 1.807) is 24.3 Å². The Morgan fingerprint density at radius 2 is 1.93 bits per heavy atom. The average Bonchev–Trinajstić information content (AvgIpc) is 3.20. The number of benzene rings is 2. The zero-order chi connectivity index (χ0) is 19.9. The van der Waals surface area contributed by atoms with E-state index in [0.717, 1.165) is 31.5 Å². The highest BCUT2D eigenvalue weighted by Gasteiger charge is 2.27. The van der Waals surface area contributed by atoms with Crippen molar-refractivity contribution in [1.82, 2.24) is 10.2 Å². The number of nitrogens with two attached hydrogens (primary N) is 1. The lowest BCUT2D eigenvalue weighted by molar-refractivity contribution is -0.119. The fraction of sp³-hybridized carbons (Fsp3) is 0.381. The number of carbonyl (C=O) groups excluding carboxylic acids is 1. The number of rotatable bonds is 9. The molecule has 0 radical (unpaired) electrons. The molecule has 1 aliphatic rings. The number of nitrogens with zero attached hydrogens (tertiary/aromatic N) is 1. The van der Waals surface area contributed by atoms with Crippen LogP contribution in [-0.2, 0) is 11.3 Å². The largest absolute Gasteiger partial charge is 0.484 e. The zero-order valence-electron chi connectivity index (χ0n) is 15.7. The molecule has 5 nitrogen and oxygen atoms in total. The number of likely N-dealkylation sites (tertiary alicyclic amines) is 1. The van der Waals surface area contributed by atoms with Gasteiger partial charge in [-0.1, -0.05) is 29.8 Å². The molecule has 150 valence electrons. The summed E-state index contributed by atoms with van der Waals surface area (Å²) in [5, 5.41) is 3.89. The van der Waals surface area contributed by atoms with Crippen LogP contribution < -0.4 is 15.8 Å². The van der Waals surface area contributed by atoms with Gasteiger partial charge in [-0.05, 0) is 55.8 Å². The number of carbonyl (C=O) groups is 1. The summed E-state index contributed by atoms with van der Waals surface area (Å²) in [6.45, 7) is 2.98. The summed E-state index contributed by atoms with van der Waals surface area (Å²) in [6, 6.07) is 12.2. The Bertz CT molecular complexity index is 774. The highest BCUT2D eigenvalue weighted by molar-refractivity contribution is 6.31. The van der Waals surface area contributed by atoms with Crippen molar-refractivity contribution in [3.63, 3.8) is 0 Å². The highest BCUT2D eigenvalue weighted by Crippen LogP contribution is 2.32. The van der Waals surface area contributed by atoms with Gasteiger partial charge in [-0.2, -0.15) is 0 Å². The molecule has 3 rings (SSSR count). The van der Waals surface area contributed by atoms with E-state index in [9.17, 15) is 9.18 Å². The number of amides is 1. The van der Waals surface area contributed by atoms with Gasteiger partial charge >= 0.3 is 0 Å². The maximum Gasteiger partial charge on any atom is 0.255 e. The molecule has 0 unspecified atom stereocenters. The first kappa shape index (κ1) is 20.6. The van der Waals surface area contributed by atoms with Gasteiger partial charge in [0.25, 0.3) is 5.91 Å². The van der Waals surface area contributed by atoms with Gasteiger partial charge in [-0.15, -0.1) is 0 Å². The first-order valence-electron chi connectivity index (χ1n) is 9.43. The maximum atomic E-state index is 14.5. The second kappa shape index (κ2) is 9.87. The van der Waals surface area contributed by atoms with Gasteiger partial charge in [0.1, 0.15) is 11.6 Å². The third kappa shape index (κ3) is 5.44. The molecule has 1 aliphatic heterocycles. The van der Waals surface area contributed by atoms with Crippen molar-refractivity contribution in [2.24, 2.45) is 5.73 Å². The minimum atomic E-state index is -0.509. The Morgan fingerprint density at radius 3 is 2.57 bits per heavy atom. The molecular formula is C21H25ClFN3O2. The first-order chi connectivity index (χ1) is 13.5. The fourth-order valence-electron chi connectivity index (χ4n) is 3.51. The lowest BCUT2D eigenvalue weighted by Gasteiger charge is -2.29. The Hall–Kier alpha value is -2.15. The molecule has 1 heterocycles. The van der Waals surface area contributed by atoms with Crippen LogP contribution in [0, 0.1) is 5.82 Å². The van der Waals surface area contributed by atoms with Crippen molar-refractivity contribution < 1.29 is 13.9 Å². The Kier molecular flexibility index (Phi) is 7.25. The van der Waals surface area contributed by atoms with Crippen LogP contribution in [0.3, 0.4) is 0 Å². The van der Waals surface area contributed by atoms with Gasteiger partial charge in [0, 0.05) is 23.7 Å². The zero-order valence-corrected chi connectivity index (χ0v) is 16.4. The van der Waals surface area contributed by atoms with E-state index in [1.807, 2.05) is 12.1 Å². The molecule has 1 atom stereocenters. The number of hydrogen-bond donors (Lipinski definition) is 2. The van der Waals surface area contributed by atoms with Crippen LogP contribution in [0.25, 0.3) is 0 Å². The minimum absolute atomic E-state index is 0.102. The van der Waals surface area contributed by atoms with E-state index >= 15 is 0 Å². The van der Waals surface area contributed by atoms with Gasteiger partial charge in [0.15, 0.2) is 6.61 Å². The summed E-state index contributed by atoms with van der Waals surface area (Å²) in [5.41, 5.74) is 6.70. The molecule has 7 heteroatoms. The quantitative estimate of drug-likeness (QED) is 0.672. The third-order valence-corrected chi connectivity index (χ3v) is 5.22. The molecule has 1 amide bonds. The molecule has 1 saturated heterocycles. The van der Waals surface area contributed by atoms with E-state index in [1.165, 1.54) is 6.07 Å². The van der Waals surface area contributed by atoms with Crippen LogP contribution in [-0.4, -0.2) is 37.0 Å². The maximum absolute atomic E-state index is 14.5. The van der Waals surface area contributed by atoms with Crippen LogP contribution in [0.2, 0.25) is 5.02 Å². The summed E-state index contributed by atoms with van der Waals surface area (Å²) >= 11 is 6.33. The van der Waals surface area contributed by atoms with Gasteiger partial charge in [0.05, 0.1) is 6.04 Å². The first-order valence-corrected chi connectivity index (χ1v) is 9.81. The average molecular weight is 406 g/mol. The molecule has 0 aliphatic carbocycles. The SMILES string of the molecule is NC(=O)COc1ccc(CNC[C@H](c2c(F)cccc2Cl)N2CCCC2)cc1. The normalized spacial score (nSPS) is 15.5. The number of nitrogens with one attached hydrogen (secondary N) is 1. The van der Waals surface area contributed by atoms with Crippen molar-refractivity contribution >= 4 is 17.5 Å². The fourth-order valence-corrected chi connectivity index (χ4v) is 3.80. The molecule has 0 spiro atoms. The van der Waals surface area contributed by atoms with Crippen LogP contribution in [0.1, 0.15) is 30.0 Å². The molecule has 3 N–H and O–H groups in total. The predicted molar refractivity (Wildman–Crippen MR) is 108 cm³/mol. The smallest absolute Gasteiger partial charge is 0.255 e. The summed E-state index contributed by atoms with van der Waals surface area (Å²) in [6.07, 6.45) is 2.24. The number of halogens is 2. The van der Waals surface area contributed by atoms with Gasteiger partial charge in [0.2, 0.25) is 0 Å². The second-order valence-corrected chi connectivity index (χ2v) is 7.33. The second-order valence-electron chi connectivity index (χ2n) is 6.92. The lowest BCUT2D eigenvalue weighted by Crippen LogP contribution is -2.34. The molecule has 2 aromatic rings. The van der Waals surface area contributed by atoms with Gasteiger partial charge in [-0.3, -0.25) is 9.69 Å². The molecule has 2 aromatic carbocycles. The van der Waals surface area contributed by atoms with Crippen molar-refractivity contribution in [1.29, 1.82) is 0 Å². The highest BCUT2D eigenvalue weighted by atomic mass is 35.5. The Morgan fingerprint density at radius 1 is 1.21 bits per heavy atom. The summed E-state index contributed by atoms with van der Waals surface area (Å²) in [4.78, 5) is 13.1. The van der Waals surface area contributed by atoms with E-state index in [-0.39, 0.29) is 18.5 Å². The summed E-state index contributed by atoms with van der Waals surface area (Å²) < 4.78 is 19.8. The van der Waals surface area contributed by atoms with E-state index in [4.69, 9.17) is 22.1 Å². The van der Waals surface area contributed by atoms with Crippen molar-refractivity contribution in [2.45, 2.75) is 25.4 Å². The molecule has 28 heavy (non-hydrogen) atoms. The van der Waals surface area contributed by atoms with Gasteiger partial charge in [-0.25, -0.2) is 4.39 Å². The molecule has 0 saturated carbocycles.